The molecule has 6 nitrogen and oxygen atoms in total. The van der Waals surface area contributed by atoms with Crippen molar-refractivity contribution in [3.05, 3.63) is 50.7 Å². The number of piperidine rings is 1. The first-order chi connectivity index (χ1) is 15.2. The average Bonchev–Trinajstić information content (AvgIpc) is 3.40. The van der Waals surface area contributed by atoms with Gasteiger partial charge in [-0.2, -0.15) is 0 Å². The lowest BCUT2D eigenvalue weighted by Gasteiger charge is -2.39. The summed E-state index contributed by atoms with van der Waals surface area (Å²) in [6.07, 6.45) is 2.77. The lowest BCUT2D eigenvalue weighted by atomic mass is 9.78. The van der Waals surface area contributed by atoms with E-state index in [2.05, 4.69) is 25.2 Å². The molecule has 1 aromatic carbocycles. The van der Waals surface area contributed by atoms with Gasteiger partial charge in [0.15, 0.2) is 5.78 Å². The Morgan fingerprint density at radius 3 is 2.09 bits per heavy atom. The van der Waals surface area contributed by atoms with Gasteiger partial charge in [-0.15, -0.1) is 11.3 Å². The Morgan fingerprint density at radius 1 is 0.875 bits per heavy atom. The van der Waals surface area contributed by atoms with Crippen molar-refractivity contribution < 1.29 is 14.4 Å². The molecular formula is C25H31N3O3S. The smallest absolute Gasteiger partial charge is 0.321 e. The quantitative estimate of drug-likeness (QED) is 0.662. The molecule has 3 amide bonds. The Bertz CT molecular complexity index is 1070. The second-order valence-electron chi connectivity index (χ2n) is 9.37. The number of carbonyl (C=O) groups is 3. The van der Waals surface area contributed by atoms with Crippen LogP contribution >= 0.6 is 11.3 Å². The van der Waals surface area contributed by atoms with E-state index in [1.807, 2.05) is 22.8 Å². The SMILES string of the molecule is CC(=O)c1ccc(C(=O)N2CCC3(CCN(C(=O)Nc4cc(C)c(C)cc4C)C3)CC2)s1. The summed E-state index contributed by atoms with van der Waals surface area (Å²) in [7, 11) is 0. The van der Waals surface area contributed by atoms with E-state index >= 15 is 0 Å². The number of aryl methyl sites for hydroxylation is 3. The van der Waals surface area contributed by atoms with Gasteiger partial charge in [0.2, 0.25) is 0 Å². The number of Topliss-reactive ketones (excluding diaryl/α,β-unsaturated/α-hetero) is 1. The Labute approximate surface area is 193 Å². The molecule has 1 aromatic heterocycles. The number of amides is 3. The monoisotopic (exact) mass is 453 g/mol. The number of hydrogen-bond donors (Lipinski definition) is 1. The Balaban J connectivity index is 1.34. The van der Waals surface area contributed by atoms with E-state index in [0.29, 0.717) is 22.8 Å². The van der Waals surface area contributed by atoms with Gasteiger partial charge in [-0.1, -0.05) is 6.07 Å². The first-order valence-electron chi connectivity index (χ1n) is 11.2. The van der Waals surface area contributed by atoms with Crippen molar-refractivity contribution in [1.29, 1.82) is 0 Å². The highest BCUT2D eigenvalue weighted by molar-refractivity contribution is 7.15. The van der Waals surface area contributed by atoms with Gasteiger partial charge < -0.3 is 15.1 Å². The first kappa shape index (κ1) is 22.5. The van der Waals surface area contributed by atoms with Crippen LogP contribution in [-0.2, 0) is 0 Å². The number of hydrogen-bond acceptors (Lipinski definition) is 4. The van der Waals surface area contributed by atoms with Crippen LogP contribution < -0.4 is 5.32 Å². The highest BCUT2D eigenvalue weighted by Gasteiger charge is 2.43. The molecule has 0 atom stereocenters. The largest absolute Gasteiger partial charge is 0.338 e. The van der Waals surface area contributed by atoms with Crippen LogP contribution in [0.3, 0.4) is 0 Å². The Morgan fingerprint density at radius 2 is 1.47 bits per heavy atom. The standard InChI is InChI=1S/C25H31N3O3S/c1-16-13-18(3)20(14-17(16)2)26-24(31)28-12-9-25(15-28)7-10-27(11-8-25)23(30)22-6-5-21(32-22)19(4)29/h5-6,13-14H,7-12,15H2,1-4H3,(H,26,31). The van der Waals surface area contributed by atoms with Gasteiger partial charge in [0.05, 0.1) is 9.75 Å². The number of urea groups is 1. The molecule has 0 bridgehead atoms. The number of ketones is 1. The molecule has 2 saturated heterocycles. The molecule has 170 valence electrons. The second-order valence-corrected chi connectivity index (χ2v) is 10.4. The molecule has 32 heavy (non-hydrogen) atoms. The van der Waals surface area contributed by atoms with Crippen LogP contribution in [-0.4, -0.2) is 53.7 Å². The average molecular weight is 454 g/mol. The van der Waals surface area contributed by atoms with Gasteiger partial charge in [0.1, 0.15) is 0 Å². The lowest BCUT2D eigenvalue weighted by molar-refractivity contribution is 0.0599. The number of nitrogens with zero attached hydrogens (tertiary/aromatic N) is 2. The van der Waals surface area contributed by atoms with E-state index in [-0.39, 0.29) is 23.1 Å². The summed E-state index contributed by atoms with van der Waals surface area (Å²) in [4.78, 5) is 42.4. The van der Waals surface area contributed by atoms with Gasteiger partial charge in [-0.3, -0.25) is 9.59 Å². The molecule has 1 N–H and O–H groups in total. The molecule has 2 fully saturated rings. The molecule has 4 rings (SSSR count). The van der Waals surface area contributed by atoms with E-state index in [1.165, 1.54) is 29.4 Å². The fraction of sp³-hybridized carbons (Fsp3) is 0.480. The summed E-state index contributed by atoms with van der Waals surface area (Å²) in [5.74, 6) is 0.00197. The lowest BCUT2D eigenvalue weighted by Crippen LogP contribution is -2.45. The zero-order valence-corrected chi connectivity index (χ0v) is 20.1. The van der Waals surface area contributed by atoms with E-state index in [1.54, 1.807) is 12.1 Å². The minimum absolute atomic E-state index is 0.00744. The molecule has 0 unspecified atom stereocenters. The van der Waals surface area contributed by atoms with Gasteiger partial charge >= 0.3 is 6.03 Å². The van der Waals surface area contributed by atoms with Crippen LogP contribution in [0.5, 0.6) is 0 Å². The molecule has 0 aliphatic carbocycles. The van der Waals surface area contributed by atoms with Crippen molar-refractivity contribution in [3.63, 3.8) is 0 Å². The predicted octanol–water partition coefficient (Wildman–Crippen LogP) is 5.04. The number of nitrogens with one attached hydrogen (secondary N) is 1. The first-order valence-corrected chi connectivity index (χ1v) is 12.0. The van der Waals surface area contributed by atoms with Crippen molar-refractivity contribution in [1.82, 2.24) is 9.80 Å². The van der Waals surface area contributed by atoms with Crippen LogP contribution in [0, 0.1) is 26.2 Å². The maximum Gasteiger partial charge on any atom is 0.321 e. The van der Waals surface area contributed by atoms with Crippen molar-refractivity contribution in [2.45, 2.75) is 47.0 Å². The molecule has 7 heteroatoms. The number of rotatable bonds is 3. The molecular weight excluding hydrogens is 422 g/mol. The molecule has 3 heterocycles. The van der Waals surface area contributed by atoms with E-state index in [4.69, 9.17) is 0 Å². The maximum absolute atomic E-state index is 12.9. The van der Waals surface area contributed by atoms with E-state index < -0.39 is 0 Å². The van der Waals surface area contributed by atoms with Crippen molar-refractivity contribution in [2.75, 3.05) is 31.5 Å². The third kappa shape index (κ3) is 4.44. The number of likely N-dealkylation sites (tertiary alicyclic amines) is 2. The Kier molecular flexibility index (Phi) is 6.12. The molecule has 1 spiro atoms. The maximum atomic E-state index is 12.9. The normalized spacial score (nSPS) is 17.6. The van der Waals surface area contributed by atoms with Gasteiger partial charge in [-0.25, -0.2) is 4.79 Å². The molecule has 2 aromatic rings. The summed E-state index contributed by atoms with van der Waals surface area (Å²) in [6.45, 7) is 10.5. The fourth-order valence-electron chi connectivity index (χ4n) is 4.79. The topological polar surface area (TPSA) is 69.7 Å². The van der Waals surface area contributed by atoms with Gasteiger partial charge in [-0.05, 0) is 87.3 Å². The number of benzene rings is 1. The minimum atomic E-state index is -0.0397. The zero-order chi connectivity index (χ0) is 23.0. The molecule has 0 radical (unpaired) electrons. The molecule has 0 saturated carbocycles. The minimum Gasteiger partial charge on any atom is -0.338 e. The number of thiophene rings is 1. The zero-order valence-electron chi connectivity index (χ0n) is 19.3. The highest BCUT2D eigenvalue weighted by Crippen LogP contribution is 2.41. The van der Waals surface area contributed by atoms with E-state index in [9.17, 15) is 14.4 Å². The molecule has 2 aliphatic rings. The fourth-order valence-corrected chi connectivity index (χ4v) is 5.66. The van der Waals surface area contributed by atoms with Crippen molar-refractivity contribution >= 4 is 34.7 Å². The van der Waals surface area contributed by atoms with Crippen LogP contribution in [0.1, 0.15) is 62.2 Å². The summed E-state index contributed by atoms with van der Waals surface area (Å²) < 4.78 is 0. The third-order valence-electron chi connectivity index (χ3n) is 7.08. The Hall–Kier alpha value is -2.67. The van der Waals surface area contributed by atoms with Crippen LogP contribution in [0.15, 0.2) is 24.3 Å². The van der Waals surface area contributed by atoms with Gasteiger partial charge in [0.25, 0.3) is 5.91 Å². The predicted molar refractivity (Wildman–Crippen MR) is 128 cm³/mol. The summed E-state index contributed by atoms with van der Waals surface area (Å²) in [5, 5.41) is 3.10. The number of anilines is 1. The molecule has 2 aliphatic heterocycles. The third-order valence-corrected chi connectivity index (χ3v) is 8.26. The number of carbonyl (C=O) groups excluding carboxylic acids is 3. The van der Waals surface area contributed by atoms with Crippen molar-refractivity contribution in [3.8, 4) is 0 Å². The highest BCUT2D eigenvalue weighted by atomic mass is 32.1. The van der Waals surface area contributed by atoms with Crippen molar-refractivity contribution in [2.24, 2.45) is 5.41 Å². The summed E-state index contributed by atoms with van der Waals surface area (Å²) >= 11 is 1.27. The van der Waals surface area contributed by atoms with E-state index in [0.717, 1.165) is 43.6 Å². The van der Waals surface area contributed by atoms with Crippen LogP contribution in [0.4, 0.5) is 10.5 Å². The van der Waals surface area contributed by atoms with Crippen LogP contribution in [0.2, 0.25) is 0 Å². The van der Waals surface area contributed by atoms with Gasteiger partial charge in [0, 0.05) is 31.9 Å². The summed E-state index contributed by atoms with van der Waals surface area (Å²) in [6, 6.07) is 7.60. The second kappa shape index (κ2) is 8.70. The van der Waals surface area contributed by atoms with Crippen LogP contribution in [0.25, 0.3) is 0 Å². The summed E-state index contributed by atoms with van der Waals surface area (Å²) in [5.41, 5.74) is 4.43.